The zero-order chi connectivity index (χ0) is 19.3. The predicted octanol–water partition coefficient (Wildman–Crippen LogP) is 5.26. The lowest BCUT2D eigenvalue weighted by atomic mass is 9.78. The third kappa shape index (κ3) is 5.00. The molecule has 1 aromatic carbocycles. The van der Waals surface area contributed by atoms with Crippen molar-refractivity contribution >= 4 is 11.6 Å². The van der Waals surface area contributed by atoms with E-state index in [-0.39, 0.29) is 5.91 Å². The highest BCUT2D eigenvalue weighted by atomic mass is 16.5. The molecule has 146 valence electrons. The highest BCUT2D eigenvalue weighted by Crippen LogP contribution is 2.37. The van der Waals surface area contributed by atoms with Crippen LogP contribution in [0.3, 0.4) is 0 Å². The van der Waals surface area contributed by atoms with Crippen LogP contribution in [0.4, 0.5) is 5.69 Å². The lowest BCUT2D eigenvalue weighted by Gasteiger charge is -2.38. The molecule has 1 saturated carbocycles. The second-order valence-electron chi connectivity index (χ2n) is 8.23. The van der Waals surface area contributed by atoms with E-state index in [2.05, 4.69) is 26.1 Å². The Kier molecular flexibility index (Phi) is 7.10. The van der Waals surface area contributed by atoms with Crippen molar-refractivity contribution in [2.24, 2.45) is 11.8 Å². The van der Waals surface area contributed by atoms with Crippen LogP contribution in [0.1, 0.15) is 64.5 Å². The summed E-state index contributed by atoms with van der Waals surface area (Å²) in [6.45, 7) is 13.7. The lowest BCUT2D eigenvalue weighted by molar-refractivity contribution is -0.147. The van der Waals surface area contributed by atoms with E-state index in [9.17, 15) is 4.79 Å². The van der Waals surface area contributed by atoms with Crippen LogP contribution < -0.4 is 10.1 Å². The molecule has 0 bridgehead atoms. The first kappa shape index (κ1) is 20.8. The van der Waals surface area contributed by atoms with Gasteiger partial charge in [0.15, 0.2) is 0 Å². The minimum Gasteiger partial charge on any atom is -0.493 e. The van der Waals surface area contributed by atoms with Crippen molar-refractivity contribution in [1.82, 2.24) is 0 Å². The Morgan fingerprint density at radius 2 is 1.96 bits per heavy atom. The fraction of sp³-hybridized carbons (Fsp3) is 0.682. The standard InChI is InChI=1S/C22H35NO3/c1-7-26-22(10-8-9-16(4)13-22)21(24)23-19-11-17(5)20(18(6)12-19)25-14-15(2)3/h11-12,15-16H,7-10,13-14H2,1-6H3,(H,23,24)/t16-,22-/m1/s1. The molecule has 0 heterocycles. The van der Waals surface area contributed by atoms with Crippen LogP contribution in [0.25, 0.3) is 0 Å². The Morgan fingerprint density at radius 1 is 1.31 bits per heavy atom. The largest absolute Gasteiger partial charge is 0.493 e. The van der Waals surface area contributed by atoms with Crippen LogP contribution in [-0.4, -0.2) is 24.7 Å². The summed E-state index contributed by atoms with van der Waals surface area (Å²) in [5, 5.41) is 3.11. The van der Waals surface area contributed by atoms with Gasteiger partial charge >= 0.3 is 0 Å². The summed E-state index contributed by atoms with van der Waals surface area (Å²) in [4.78, 5) is 13.1. The predicted molar refractivity (Wildman–Crippen MR) is 107 cm³/mol. The monoisotopic (exact) mass is 361 g/mol. The van der Waals surface area contributed by atoms with Gasteiger partial charge in [-0.3, -0.25) is 4.79 Å². The second kappa shape index (κ2) is 8.90. The van der Waals surface area contributed by atoms with Gasteiger partial charge in [-0.25, -0.2) is 0 Å². The quantitative estimate of drug-likeness (QED) is 0.720. The second-order valence-corrected chi connectivity index (χ2v) is 8.23. The molecule has 1 aliphatic carbocycles. The van der Waals surface area contributed by atoms with Crippen LogP contribution in [0.5, 0.6) is 5.75 Å². The van der Waals surface area contributed by atoms with Gasteiger partial charge in [0.25, 0.3) is 5.91 Å². The van der Waals surface area contributed by atoms with Crippen LogP contribution in [0.15, 0.2) is 12.1 Å². The molecule has 0 unspecified atom stereocenters. The number of hydrogen-bond acceptors (Lipinski definition) is 3. The van der Waals surface area contributed by atoms with Crippen LogP contribution in [0.2, 0.25) is 0 Å². The molecule has 0 aromatic heterocycles. The van der Waals surface area contributed by atoms with E-state index in [1.807, 2.05) is 32.9 Å². The molecule has 1 amide bonds. The maximum absolute atomic E-state index is 13.1. The number of amides is 1. The fourth-order valence-electron chi connectivity index (χ4n) is 3.93. The molecule has 0 aliphatic heterocycles. The summed E-state index contributed by atoms with van der Waals surface area (Å²) in [5.41, 5.74) is 2.21. The topological polar surface area (TPSA) is 47.6 Å². The van der Waals surface area contributed by atoms with Gasteiger partial charge < -0.3 is 14.8 Å². The summed E-state index contributed by atoms with van der Waals surface area (Å²) in [6, 6.07) is 3.99. The van der Waals surface area contributed by atoms with Crippen molar-refractivity contribution in [2.75, 3.05) is 18.5 Å². The molecule has 1 aliphatic rings. The van der Waals surface area contributed by atoms with Gasteiger partial charge in [0, 0.05) is 12.3 Å². The van der Waals surface area contributed by atoms with Gasteiger partial charge in [-0.15, -0.1) is 0 Å². The van der Waals surface area contributed by atoms with Crippen LogP contribution in [-0.2, 0) is 9.53 Å². The maximum Gasteiger partial charge on any atom is 0.256 e. The summed E-state index contributed by atoms with van der Waals surface area (Å²) in [7, 11) is 0. The van der Waals surface area contributed by atoms with E-state index in [0.717, 1.165) is 41.8 Å². The zero-order valence-electron chi connectivity index (χ0n) is 17.3. The number of hydrogen-bond donors (Lipinski definition) is 1. The Bertz CT molecular complexity index is 599. The fourth-order valence-corrected chi connectivity index (χ4v) is 3.93. The van der Waals surface area contributed by atoms with Crippen molar-refractivity contribution < 1.29 is 14.3 Å². The number of aryl methyl sites for hydroxylation is 2. The molecule has 26 heavy (non-hydrogen) atoms. The third-order valence-corrected chi connectivity index (χ3v) is 5.07. The first-order valence-corrected chi connectivity index (χ1v) is 9.97. The molecule has 0 saturated heterocycles. The number of ether oxygens (including phenoxy) is 2. The SMILES string of the molecule is CCO[C@]1(C(=O)Nc2cc(C)c(OCC(C)C)c(C)c2)CCC[C@@H](C)C1. The average Bonchev–Trinajstić information content (AvgIpc) is 2.54. The van der Waals surface area contributed by atoms with Gasteiger partial charge in [0.1, 0.15) is 11.4 Å². The smallest absolute Gasteiger partial charge is 0.256 e. The van der Waals surface area contributed by atoms with E-state index >= 15 is 0 Å². The van der Waals surface area contributed by atoms with Gasteiger partial charge in [-0.1, -0.05) is 27.2 Å². The average molecular weight is 362 g/mol. The van der Waals surface area contributed by atoms with Crippen LogP contribution >= 0.6 is 0 Å². The molecular weight excluding hydrogens is 326 g/mol. The first-order valence-electron chi connectivity index (χ1n) is 9.97. The molecule has 2 atom stereocenters. The highest BCUT2D eigenvalue weighted by Gasteiger charge is 2.42. The molecule has 0 radical (unpaired) electrons. The Morgan fingerprint density at radius 3 is 2.50 bits per heavy atom. The number of benzene rings is 1. The maximum atomic E-state index is 13.1. The molecule has 1 N–H and O–H groups in total. The van der Waals surface area contributed by atoms with Gasteiger partial charge in [0.05, 0.1) is 6.61 Å². The van der Waals surface area contributed by atoms with Gasteiger partial charge in [-0.2, -0.15) is 0 Å². The summed E-state index contributed by atoms with van der Waals surface area (Å²) in [5.74, 6) is 1.90. The summed E-state index contributed by atoms with van der Waals surface area (Å²) >= 11 is 0. The Balaban J connectivity index is 2.17. The van der Waals surface area contributed by atoms with E-state index < -0.39 is 5.60 Å². The summed E-state index contributed by atoms with van der Waals surface area (Å²) in [6.07, 6.45) is 3.79. The van der Waals surface area contributed by atoms with E-state index in [0.29, 0.717) is 25.0 Å². The van der Waals surface area contributed by atoms with E-state index in [1.54, 1.807) is 0 Å². The summed E-state index contributed by atoms with van der Waals surface area (Å²) < 4.78 is 11.9. The van der Waals surface area contributed by atoms with E-state index in [4.69, 9.17) is 9.47 Å². The number of anilines is 1. The number of nitrogens with one attached hydrogen (secondary N) is 1. The molecule has 4 nitrogen and oxygen atoms in total. The van der Waals surface area contributed by atoms with Crippen LogP contribution in [0, 0.1) is 25.7 Å². The Hall–Kier alpha value is -1.55. The van der Waals surface area contributed by atoms with Crippen molar-refractivity contribution in [2.45, 2.75) is 72.8 Å². The molecular formula is C22H35NO3. The molecule has 4 heteroatoms. The third-order valence-electron chi connectivity index (χ3n) is 5.07. The van der Waals surface area contributed by atoms with E-state index in [1.165, 1.54) is 6.42 Å². The van der Waals surface area contributed by atoms with Crippen molar-refractivity contribution in [3.05, 3.63) is 23.3 Å². The number of carbonyl (C=O) groups excluding carboxylic acids is 1. The first-order chi connectivity index (χ1) is 12.3. The number of rotatable bonds is 7. The Labute approximate surface area is 158 Å². The van der Waals surface area contributed by atoms with Gasteiger partial charge in [-0.05, 0) is 75.1 Å². The van der Waals surface area contributed by atoms with Crippen molar-refractivity contribution in [3.63, 3.8) is 0 Å². The highest BCUT2D eigenvalue weighted by molar-refractivity contribution is 5.97. The van der Waals surface area contributed by atoms with Gasteiger partial charge in [0.2, 0.25) is 0 Å². The molecule has 1 fully saturated rings. The lowest BCUT2D eigenvalue weighted by Crippen LogP contribution is -2.48. The normalized spacial score (nSPS) is 23.1. The molecule has 2 rings (SSSR count). The molecule has 0 spiro atoms. The minimum atomic E-state index is -0.693. The number of carbonyl (C=O) groups is 1. The minimum absolute atomic E-state index is 0.0134. The molecule has 1 aromatic rings. The zero-order valence-corrected chi connectivity index (χ0v) is 17.3. The van der Waals surface area contributed by atoms with Crippen molar-refractivity contribution in [1.29, 1.82) is 0 Å². The van der Waals surface area contributed by atoms with Crippen molar-refractivity contribution in [3.8, 4) is 5.75 Å².